The van der Waals surface area contributed by atoms with E-state index in [1.165, 1.54) is 0 Å². The molecule has 0 radical (unpaired) electrons. The molecular formula is C14H16N4O2S. The Bertz CT molecular complexity index is 649. The van der Waals surface area contributed by atoms with Crippen LogP contribution in [0.15, 0.2) is 30.6 Å². The third-order valence-corrected chi connectivity index (χ3v) is 3.03. The molecule has 1 heterocycles. The zero-order chi connectivity index (χ0) is 15.2. The van der Waals surface area contributed by atoms with Gasteiger partial charge >= 0.3 is 0 Å². The number of thiocarbonyl (C=S) groups is 1. The highest BCUT2D eigenvalue weighted by atomic mass is 32.1. The number of nitrogens with two attached hydrogens (primary N) is 1. The van der Waals surface area contributed by atoms with Crippen molar-refractivity contribution in [2.45, 2.75) is 6.54 Å². The van der Waals surface area contributed by atoms with Crippen molar-refractivity contribution in [3.63, 3.8) is 0 Å². The average molecular weight is 304 g/mol. The summed E-state index contributed by atoms with van der Waals surface area (Å²) >= 11 is 4.95. The molecule has 7 heteroatoms. The van der Waals surface area contributed by atoms with Crippen molar-refractivity contribution in [2.24, 2.45) is 5.73 Å². The van der Waals surface area contributed by atoms with Gasteiger partial charge in [-0.25, -0.2) is 9.97 Å². The second-order valence-corrected chi connectivity index (χ2v) is 4.60. The number of anilines is 1. The highest BCUT2D eigenvalue weighted by Crippen LogP contribution is 2.27. The van der Waals surface area contributed by atoms with E-state index >= 15 is 0 Å². The van der Waals surface area contributed by atoms with Gasteiger partial charge in [0.15, 0.2) is 17.3 Å². The van der Waals surface area contributed by atoms with E-state index in [4.69, 9.17) is 27.4 Å². The molecule has 0 aliphatic carbocycles. The molecule has 6 nitrogen and oxygen atoms in total. The van der Waals surface area contributed by atoms with Gasteiger partial charge in [-0.15, -0.1) is 0 Å². The number of ether oxygens (including phenoxy) is 2. The van der Waals surface area contributed by atoms with Crippen molar-refractivity contribution in [2.75, 3.05) is 19.5 Å². The van der Waals surface area contributed by atoms with E-state index < -0.39 is 0 Å². The second kappa shape index (κ2) is 6.85. The summed E-state index contributed by atoms with van der Waals surface area (Å²) in [5, 5.41) is 3.16. The first kappa shape index (κ1) is 15.0. The topological polar surface area (TPSA) is 82.3 Å². The van der Waals surface area contributed by atoms with Gasteiger partial charge in [-0.1, -0.05) is 18.3 Å². The number of hydrogen-bond donors (Lipinski definition) is 2. The maximum atomic E-state index is 5.62. The van der Waals surface area contributed by atoms with E-state index in [1.807, 2.05) is 18.2 Å². The molecular weight excluding hydrogens is 288 g/mol. The third-order valence-electron chi connectivity index (χ3n) is 2.84. The van der Waals surface area contributed by atoms with Crippen LogP contribution in [0, 0.1) is 0 Å². The summed E-state index contributed by atoms with van der Waals surface area (Å²) in [6.07, 6.45) is 3.13. The van der Waals surface area contributed by atoms with Crippen LogP contribution in [0.4, 0.5) is 5.82 Å². The van der Waals surface area contributed by atoms with Gasteiger partial charge in [0, 0.05) is 18.9 Å². The lowest BCUT2D eigenvalue weighted by atomic mass is 10.2. The Balaban J connectivity index is 2.15. The number of rotatable bonds is 6. The van der Waals surface area contributed by atoms with E-state index in [1.54, 1.807) is 26.6 Å². The van der Waals surface area contributed by atoms with Gasteiger partial charge in [0.25, 0.3) is 0 Å². The van der Waals surface area contributed by atoms with Gasteiger partial charge < -0.3 is 20.5 Å². The molecule has 2 aromatic rings. The smallest absolute Gasteiger partial charge is 0.161 e. The molecule has 0 saturated heterocycles. The maximum Gasteiger partial charge on any atom is 0.161 e. The van der Waals surface area contributed by atoms with Gasteiger partial charge in [-0.2, -0.15) is 0 Å². The molecule has 0 unspecified atom stereocenters. The normalized spacial score (nSPS) is 10.0. The van der Waals surface area contributed by atoms with Gasteiger partial charge in [-0.3, -0.25) is 0 Å². The molecule has 0 saturated carbocycles. The highest BCUT2D eigenvalue weighted by Gasteiger charge is 2.08. The molecule has 0 amide bonds. The third kappa shape index (κ3) is 3.57. The summed E-state index contributed by atoms with van der Waals surface area (Å²) in [6.45, 7) is 0.536. The van der Waals surface area contributed by atoms with Crippen molar-refractivity contribution in [3.8, 4) is 11.5 Å². The van der Waals surface area contributed by atoms with Crippen LogP contribution in [0.3, 0.4) is 0 Å². The van der Waals surface area contributed by atoms with Crippen molar-refractivity contribution < 1.29 is 9.47 Å². The SMILES string of the molecule is COc1ccc(CNc2nccnc2C(N)=S)cc1OC. The Morgan fingerprint density at radius 1 is 1.19 bits per heavy atom. The largest absolute Gasteiger partial charge is 0.493 e. The Hall–Kier alpha value is -2.41. The standard InChI is InChI=1S/C14H16N4O2S/c1-19-10-4-3-9(7-11(10)20-2)8-18-14-12(13(15)21)16-5-6-17-14/h3-7H,8H2,1-2H3,(H2,15,21)(H,17,18). The first-order valence-corrected chi connectivity index (χ1v) is 6.62. The molecule has 0 aliphatic rings. The summed E-state index contributed by atoms with van der Waals surface area (Å²) in [6, 6.07) is 5.68. The van der Waals surface area contributed by atoms with Gasteiger partial charge in [0.05, 0.1) is 14.2 Å². The fourth-order valence-corrected chi connectivity index (χ4v) is 1.97. The van der Waals surface area contributed by atoms with Crippen LogP contribution in [-0.4, -0.2) is 29.2 Å². The molecule has 0 spiro atoms. The van der Waals surface area contributed by atoms with Gasteiger partial charge in [-0.05, 0) is 17.7 Å². The van der Waals surface area contributed by atoms with Crippen molar-refractivity contribution in [1.82, 2.24) is 9.97 Å². The predicted octanol–water partition coefficient (Wildman–Crippen LogP) is 1.74. The summed E-state index contributed by atoms with van der Waals surface area (Å²) in [4.78, 5) is 8.52. The van der Waals surface area contributed by atoms with Gasteiger partial charge in [0.2, 0.25) is 0 Å². The van der Waals surface area contributed by atoms with E-state index in [0.717, 1.165) is 5.56 Å². The molecule has 0 fully saturated rings. The summed E-state index contributed by atoms with van der Waals surface area (Å²) in [7, 11) is 3.20. The maximum absolute atomic E-state index is 5.62. The van der Waals surface area contributed by atoms with E-state index in [-0.39, 0.29) is 4.99 Å². The van der Waals surface area contributed by atoms with Crippen LogP contribution in [0.2, 0.25) is 0 Å². The van der Waals surface area contributed by atoms with Gasteiger partial charge in [0.1, 0.15) is 10.7 Å². The first-order valence-electron chi connectivity index (χ1n) is 6.21. The molecule has 3 N–H and O–H groups in total. The molecule has 1 aromatic heterocycles. The Morgan fingerprint density at radius 2 is 1.90 bits per heavy atom. The number of benzene rings is 1. The summed E-state index contributed by atoms with van der Waals surface area (Å²) in [5.74, 6) is 1.91. The zero-order valence-electron chi connectivity index (χ0n) is 11.8. The van der Waals surface area contributed by atoms with E-state index in [2.05, 4.69) is 15.3 Å². The molecule has 21 heavy (non-hydrogen) atoms. The lowest BCUT2D eigenvalue weighted by Crippen LogP contribution is -2.16. The first-order chi connectivity index (χ1) is 10.2. The lowest BCUT2D eigenvalue weighted by Gasteiger charge is -2.11. The zero-order valence-corrected chi connectivity index (χ0v) is 12.6. The van der Waals surface area contributed by atoms with E-state index in [9.17, 15) is 0 Å². The Labute approximate surface area is 128 Å². The molecule has 0 bridgehead atoms. The van der Waals surface area contributed by atoms with Crippen LogP contribution in [0.25, 0.3) is 0 Å². The molecule has 2 rings (SSSR count). The van der Waals surface area contributed by atoms with Crippen LogP contribution in [-0.2, 0) is 6.54 Å². The molecule has 0 aliphatic heterocycles. The number of nitrogens with zero attached hydrogens (tertiary/aromatic N) is 2. The minimum absolute atomic E-state index is 0.206. The quantitative estimate of drug-likeness (QED) is 0.787. The van der Waals surface area contributed by atoms with E-state index in [0.29, 0.717) is 29.6 Å². The van der Waals surface area contributed by atoms with Crippen molar-refractivity contribution in [1.29, 1.82) is 0 Å². The monoisotopic (exact) mass is 304 g/mol. The van der Waals surface area contributed by atoms with Crippen molar-refractivity contribution in [3.05, 3.63) is 41.9 Å². The predicted molar refractivity (Wildman–Crippen MR) is 84.8 cm³/mol. The molecule has 1 aromatic carbocycles. The number of aromatic nitrogens is 2. The number of hydrogen-bond acceptors (Lipinski definition) is 6. The summed E-state index contributed by atoms with van der Waals surface area (Å²) < 4.78 is 10.5. The highest BCUT2D eigenvalue weighted by molar-refractivity contribution is 7.80. The lowest BCUT2D eigenvalue weighted by molar-refractivity contribution is 0.354. The minimum Gasteiger partial charge on any atom is -0.493 e. The summed E-state index contributed by atoms with van der Waals surface area (Å²) in [5.41, 5.74) is 7.11. The second-order valence-electron chi connectivity index (χ2n) is 4.16. The molecule has 110 valence electrons. The van der Waals surface area contributed by atoms with Crippen LogP contribution < -0.4 is 20.5 Å². The van der Waals surface area contributed by atoms with Crippen LogP contribution >= 0.6 is 12.2 Å². The van der Waals surface area contributed by atoms with Crippen LogP contribution in [0.5, 0.6) is 11.5 Å². The number of methoxy groups -OCH3 is 2. The Morgan fingerprint density at radius 3 is 2.57 bits per heavy atom. The molecule has 0 atom stereocenters. The fourth-order valence-electron chi connectivity index (χ4n) is 1.82. The van der Waals surface area contributed by atoms with Crippen molar-refractivity contribution >= 4 is 23.0 Å². The minimum atomic E-state index is 0.206. The average Bonchev–Trinajstić information content (AvgIpc) is 2.52. The number of nitrogens with one attached hydrogen (secondary N) is 1. The Kier molecular flexibility index (Phi) is 4.89. The van der Waals surface area contributed by atoms with Crippen LogP contribution in [0.1, 0.15) is 11.3 Å². The fraction of sp³-hybridized carbons (Fsp3) is 0.214.